The van der Waals surface area contributed by atoms with Gasteiger partial charge in [-0.25, -0.2) is 8.42 Å². The molecule has 4 rings (SSSR count). The Balaban J connectivity index is 1.42. The number of rotatable bonds is 8. The van der Waals surface area contributed by atoms with E-state index in [1.807, 2.05) is 50.2 Å². The van der Waals surface area contributed by atoms with Gasteiger partial charge in [0.15, 0.2) is 9.84 Å². The monoisotopic (exact) mass is 485 g/mol. The molecule has 0 atom stereocenters. The van der Waals surface area contributed by atoms with Gasteiger partial charge < -0.3 is 10.1 Å². The second kappa shape index (κ2) is 10.6. The van der Waals surface area contributed by atoms with Gasteiger partial charge in [0.05, 0.1) is 10.6 Å². The molecule has 0 fully saturated rings. The number of sulfone groups is 1. The molecule has 1 amide bonds. The molecule has 0 aromatic heterocycles. The Labute approximate surface area is 206 Å². The minimum atomic E-state index is -3.50. The van der Waals surface area contributed by atoms with Gasteiger partial charge in [0.2, 0.25) is 0 Å². The zero-order chi connectivity index (χ0) is 24.8. The summed E-state index contributed by atoms with van der Waals surface area (Å²) in [6.07, 6.45) is 0. The third kappa shape index (κ3) is 6.37. The number of anilines is 1. The molecule has 0 saturated heterocycles. The Kier molecular flexibility index (Phi) is 7.32. The fourth-order valence-electron chi connectivity index (χ4n) is 3.76. The molecule has 1 N–H and O–H groups in total. The number of benzene rings is 4. The summed E-state index contributed by atoms with van der Waals surface area (Å²) in [4.78, 5) is 13.1. The number of nitrogens with one attached hydrogen (secondary N) is 1. The van der Waals surface area contributed by atoms with Crippen LogP contribution < -0.4 is 10.1 Å². The first-order valence-electron chi connectivity index (χ1n) is 11.3. The van der Waals surface area contributed by atoms with E-state index in [1.54, 1.807) is 54.6 Å². The van der Waals surface area contributed by atoms with Crippen LogP contribution in [0.5, 0.6) is 5.75 Å². The molecule has 5 nitrogen and oxygen atoms in total. The quantitative estimate of drug-likeness (QED) is 0.327. The molecule has 0 aliphatic heterocycles. The Hall–Kier alpha value is -3.90. The van der Waals surface area contributed by atoms with E-state index in [1.165, 1.54) is 5.56 Å². The Morgan fingerprint density at radius 2 is 1.54 bits per heavy atom. The average Bonchev–Trinajstić information content (AvgIpc) is 2.85. The largest absolute Gasteiger partial charge is 0.489 e. The molecule has 4 aromatic rings. The van der Waals surface area contributed by atoms with Crippen LogP contribution in [-0.4, -0.2) is 14.3 Å². The van der Waals surface area contributed by atoms with Gasteiger partial charge in [-0.1, -0.05) is 60.2 Å². The van der Waals surface area contributed by atoms with Gasteiger partial charge in [-0.2, -0.15) is 0 Å². The van der Waals surface area contributed by atoms with Crippen molar-refractivity contribution >= 4 is 21.4 Å². The second-order valence-electron chi connectivity index (χ2n) is 8.48. The van der Waals surface area contributed by atoms with Crippen molar-refractivity contribution in [2.45, 2.75) is 31.1 Å². The summed E-state index contributed by atoms with van der Waals surface area (Å²) < 4.78 is 31.3. The van der Waals surface area contributed by atoms with Crippen LogP contribution in [0.2, 0.25) is 0 Å². The van der Waals surface area contributed by atoms with E-state index in [4.69, 9.17) is 4.74 Å². The first-order valence-corrected chi connectivity index (χ1v) is 12.9. The van der Waals surface area contributed by atoms with Gasteiger partial charge in [-0.3, -0.25) is 4.79 Å². The van der Waals surface area contributed by atoms with Gasteiger partial charge in [-0.05, 0) is 73.0 Å². The van der Waals surface area contributed by atoms with Crippen LogP contribution in [0.1, 0.15) is 32.6 Å². The van der Waals surface area contributed by atoms with Crippen LogP contribution in [0, 0.1) is 13.8 Å². The first kappa shape index (κ1) is 24.2. The maximum Gasteiger partial charge on any atom is 0.255 e. The highest BCUT2D eigenvalue weighted by atomic mass is 32.2. The minimum Gasteiger partial charge on any atom is -0.489 e. The molecule has 0 unspecified atom stereocenters. The van der Waals surface area contributed by atoms with E-state index in [-0.39, 0.29) is 16.6 Å². The topological polar surface area (TPSA) is 72.5 Å². The van der Waals surface area contributed by atoms with E-state index >= 15 is 0 Å². The van der Waals surface area contributed by atoms with Crippen molar-refractivity contribution in [1.29, 1.82) is 0 Å². The summed E-state index contributed by atoms with van der Waals surface area (Å²) in [7, 11) is -3.50. The molecule has 35 heavy (non-hydrogen) atoms. The molecule has 0 radical (unpaired) electrons. The average molecular weight is 486 g/mol. The number of hydrogen-bond donors (Lipinski definition) is 1. The molecule has 6 heteroatoms. The predicted octanol–water partition coefficient (Wildman–Crippen LogP) is 6.11. The van der Waals surface area contributed by atoms with E-state index in [2.05, 4.69) is 11.4 Å². The molecular weight excluding hydrogens is 458 g/mol. The lowest BCUT2D eigenvalue weighted by molar-refractivity contribution is 0.102. The van der Waals surface area contributed by atoms with Crippen molar-refractivity contribution in [2.24, 2.45) is 0 Å². The fraction of sp³-hybridized carbons (Fsp3) is 0.138. The molecule has 0 saturated carbocycles. The van der Waals surface area contributed by atoms with Crippen LogP contribution in [0.25, 0.3) is 0 Å². The van der Waals surface area contributed by atoms with Crippen molar-refractivity contribution in [3.05, 3.63) is 125 Å². The maximum atomic E-state index is 12.9. The number of aryl methyl sites for hydroxylation is 2. The van der Waals surface area contributed by atoms with Crippen molar-refractivity contribution in [3.8, 4) is 5.75 Å². The zero-order valence-electron chi connectivity index (χ0n) is 19.7. The number of amides is 1. The first-order chi connectivity index (χ1) is 16.8. The highest BCUT2D eigenvalue weighted by molar-refractivity contribution is 7.90. The van der Waals surface area contributed by atoms with Crippen molar-refractivity contribution < 1.29 is 17.9 Å². The maximum absolute atomic E-state index is 12.9. The number of hydrogen-bond acceptors (Lipinski definition) is 4. The second-order valence-corrected chi connectivity index (χ2v) is 10.5. The normalized spacial score (nSPS) is 11.1. The van der Waals surface area contributed by atoms with Crippen LogP contribution in [0.3, 0.4) is 0 Å². The lowest BCUT2D eigenvalue weighted by Gasteiger charge is -2.12. The Morgan fingerprint density at radius 1 is 0.800 bits per heavy atom. The third-order valence-corrected chi connectivity index (χ3v) is 7.29. The summed E-state index contributed by atoms with van der Waals surface area (Å²) in [5.74, 6) is 0.236. The van der Waals surface area contributed by atoms with Crippen LogP contribution in [0.4, 0.5) is 5.69 Å². The van der Waals surface area contributed by atoms with Crippen LogP contribution in [-0.2, 0) is 22.2 Å². The summed E-state index contributed by atoms with van der Waals surface area (Å²) in [6, 6.07) is 28.7. The Bertz CT molecular complexity index is 1450. The van der Waals surface area contributed by atoms with E-state index in [9.17, 15) is 13.2 Å². The van der Waals surface area contributed by atoms with Crippen molar-refractivity contribution in [3.63, 3.8) is 0 Å². The molecule has 0 bridgehead atoms. The molecule has 0 spiro atoms. The van der Waals surface area contributed by atoms with Gasteiger partial charge in [0.25, 0.3) is 5.91 Å². The van der Waals surface area contributed by atoms with Crippen LogP contribution in [0.15, 0.2) is 102 Å². The number of ether oxygens (including phenoxy) is 1. The van der Waals surface area contributed by atoms with Gasteiger partial charge in [0.1, 0.15) is 12.4 Å². The minimum absolute atomic E-state index is 0.176. The van der Waals surface area contributed by atoms with E-state index in [0.717, 1.165) is 16.9 Å². The molecule has 0 aliphatic carbocycles. The lowest BCUT2D eigenvalue weighted by Crippen LogP contribution is -2.13. The summed E-state index contributed by atoms with van der Waals surface area (Å²) in [5.41, 5.74) is 4.75. The van der Waals surface area contributed by atoms with Crippen molar-refractivity contribution in [2.75, 3.05) is 5.32 Å². The number of carbonyl (C=O) groups excluding carboxylic acids is 1. The number of carbonyl (C=O) groups is 1. The SMILES string of the molecule is Cc1cccc(COc2ccc(NC(=O)c3cccc(CS(=O)(=O)c4ccccc4)c3)c(C)c2)c1. The molecule has 178 valence electrons. The Morgan fingerprint density at radius 3 is 2.29 bits per heavy atom. The highest BCUT2D eigenvalue weighted by Gasteiger charge is 2.16. The molecule has 4 aromatic carbocycles. The van der Waals surface area contributed by atoms with Crippen LogP contribution >= 0.6 is 0 Å². The summed E-state index contributed by atoms with van der Waals surface area (Å²) in [6.45, 7) is 4.41. The third-order valence-electron chi connectivity index (χ3n) is 5.58. The highest BCUT2D eigenvalue weighted by Crippen LogP contribution is 2.24. The predicted molar refractivity (Wildman–Crippen MR) is 138 cm³/mol. The van der Waals surface area contributed by atoms with Crippen molar-refractivity contribution in [1.82, 2.24) is 0 Å². The molecule has 0 aliphatic rings. The van der Waals surface area contributed by atoms with Gasteiger partial charge in [-0.15, -0.1) is 0 Å². The molecular formula is C29H27NO4S. The van der Waals surface area contributed by atoms with E-state index in [0.29, 0.717) is 23.4 Å². The zero-order valence-corrected chi connectivity index (χ0v) is 20.5. The fourth-order valence-corrected chi connectivity index (χ4v) is 5.12. The lowest BCUT2D eigenvalue weighted by atomic mass is 10.1. The summed E-state index contributed by atoms with van der Waals surface area (Å²) >= 11 is 0. The molecule has 0 heterocycles. The standard InChI is InChI=1S/C29H27NO4S/c1-21-8-6-9-23(16-21)19-34-26-14-15-28(22(2)17-26)30-29(31)25-11-7-10-24(18-25)20-35(32,33)27-12-4-3-5-13-27/h3-18H,19-20H2,1-2H3,(H,30,31). The summed E-state index contributed by atoms with van der Waals surface area (Å²) in [5, 5.41) is 2.91. The smallest absolute Gasteiger partial charge is 0.255 e. The van der Waals surface area contributed by atoms with Gasteiger partial charge in [0, 0.05) is 11.3 Å². The van der Waals surface area contributed by atoms with E-state index < -0.39 is 9.84 Å². The van der Waals surface area contributed by atoms with Gasteiger partial charge >= 0.3 is 0 Å².